The molecule has 128 valence electrons. The molecule has 0 aliphatic carbocycles. The summed E-state index contributed by atoms with van der Waals surface area (Å²) in [6.45, 7) is 19.9. The zero-order chi connectivity index (χ0) is 16.9. The van der Waals surface area contributed by atoms with Crippen LogP contribution in [0.15, 0.2) is 0 Å². The minimum absolute atomic E-state index is 0.00545. The van der Waals surface area contributed by atoms with Gasteiger partial charge in [0.2, 0.25) is 0 Å². The van der Waals surface area contributed by atoms with Gasteiger partial charge in [0.05, 0.1) is 0 Å². The van der Waals surface area contributed by atoms with Gasteiger partial charge in [-0.2, -0.15) is 0 Å². The molecule has 0 radical (unpaired) electrons. The molecule has 0 atom stereocenters. The van der Waals surface area contributed by atoms with Crippen molar-refractivity contribution in [3.05, 3.63) is 0 Å². The van der Waals surface area contributed by atoms with Crippen LogP contribution in [0.1, 0.15) is 68.2 Å². The summed E-state index contributed by atoms with van der Waals surface area (Å²) >= 11 is 0. The molecule has 0 saturated heterocycles. The average Bonchev–Trinajstić information content (AvgIpc) is 2.35. The fraction of sp³-hybridized carbons (Fsp3) is 1.00. The highest BCUT2D eigenvalue weighted by atomic mass is 28.4. The molecular weight excluding hydrogens is 280 g/mol. The molecule has 4 nitrogen and oxygen atoms in total. The Hall–Kier alpha value is 0.0569. The monoisotopic (exact) mass is 318 g/mol. The second-order valence-corrected chi connectivity index (χ2v) is 10.6. The molecule has 0 spiro atoms. The van der Waals surface area contributed by atoms with E-state index in [0.717, 1.165) is 25.9 Å². The second kappa shape index (κ2) is 8.06. The third-order valence-corrected chi connectivity index (χ3v) is 7.94. The van der Waals surface area contributed by atoms with Crippen molar-refractivity contribution >= 4 is 8.88 Å². The Morgan fingerprint density at radius 3 is 1.14 bits per heavy atom. The van der Waals surface area contributed by atoms with Gasteiger partial charge in [0.25, 0.3) is 0 Å². The number of rotatable bonds is 8. The summed E-state index contributed by atoms with van der Waals surface area (Å²) < 4.78 is 17.2. The maximum atomic E-state index is 6.14. The molecule has 0 aromatic carbocycles. The van der Waals surface area contributed by atoms with Gasteiger partial charge < -0.3 is 8.85 Å². The van der Waals surface area contributed by atoms with Crippen LogP contribution >= 0.6 is 0 Å². The molecule has 0 aromatic heterocycles. The zero-order valence-electron chi connectivity index (χ0n) is 16.0. The summed E-state index contributed by atoms with van der Waals surface area (Å²) in [5.74, 6) is 0. The molecule has 0 fully saturated rings. The molecule has 0 amide bonds. The van der Waals surface area contributed by atoms with Crippen LogP contribution in [0.4, 0.5) is 0 Å². The molecule has 0 aliphatic heterocycles. The molecule has 5 heteroatoms. The molecule has 0 rings (SSSR count). The lowest BCUT2D eigenvalue weighted by atomic mass is 10.1. The normalized spacial score (nSPS) is 14.3. The average molecular weight is 319 g/mol. The van der Waals surface area contributed by atoms with Gasteiger partial charge in [-0.3, -0.25) is 9.13 Å². The van der Waals surface area contributed by atoms with Gasteiger partial charge in [-0.25, -0.2) is 0 Å². The molecule has 0 unspecified atom stereocenters. The van der Waals surface area contributed by atoms with Gasteiger partial charge in [0.15, 0.2) is 0 Å². The van der Waals surface area contributed by atoms with Crippen molar-refractivity contribution in [3.63, 3.8) is 0 Å². The largest absolute Gasteiger partial charge is 0.522 e. The predicted molar refractivity (Wildman–Crippen MR) is 93.3 cm³/mol. The summed E-state index contributed by atoms with van der Waals surface area (Å²) in [6.07, 6.45) is 2.17. The summed E-state index contributed by atoms with van der Waals surface area (Å²) in [7, 11) is 0.960. The molecule has 0 heterocycles. The quantitative estimate of drug-likeness (QED) is 0.637. The SMILES string of the molecule is CCCN(C(C)(C)C)[Si](OC)(OC)N(CCC)C(C)(C)C. The number of nitrogens with zero attached hydrogens (tertiary/aromatic N) is 2. The second-order valence-electron chi connectivity index (χ2n) is 7.60. The highest BCUT2D eigenvalue weighted by Crippen LogP contribution is 2.31. The van der Waals surface area contributed by atoms with Gasteiger partial charge in [-0.15, -0.1) is 0 Å². The van der Waals surface area contributed by atoms with E-state index in [9.17, 15) is 0 Å². The predicted octanol–water partition coefficient (Wildman–Crippen LogP) is 3.74. The first-order valence-electron chi connectivity index (χ1n) is 8.17. The molecule has 21 heavy (non-hydrogen) atoms. The van der Waals surface area contributed by atoms with Crippen LogP contribution in [0.5, 0.6) is 0 Å². The number of hydrogen-bond donors (Lipinski definition) is 0. The van der Waals surface area contributed by atoms with Crippen molar-refractivity contribution in [2.45, 2.75) is 79.3 Å². The summed E-state index contributed by atoms with van der Waals surface area (Å²) in [6, 6.07) is 0. The molecular formula is C16H38N2O2Si. The lowest BCUT2D eigenvalue weighted by molar-refractivity contribution is 0.0260. The van der Waals surface area contributed by atoms with E-state index in [0.29, 0.717) is 0 Å². The lowest BCUT2D eigenvalue weighted by Crippen LogP contribution is -2.76. The first-order valence-corrected chi connectivity index (χ1v) is 9.88. The van der Waals surface area contributed by atoms with Crippen molar-refractivity contribution in [3.8, 4) is 0 Å². The van der Waals surface area contributed by atoms with E-state index in [1.54, 1.807) is 14.2 Å². The highest BCUT2D eigenvalue weighted by molar-refractivity contribution is 6.61. The van der Waals surface area contributed by atoms with Gasteiger partial charge in [0, 0.05) is 25.3 Å². The number of hydrogen-bond acceptors (Lipinski definition) is 4. The highest BCUT2D eigenvalue weighted by Gasteiger charge is 2.56. The van der Waals surface area contributed by atoms with Crippen LogP contribution in [0.3, 0.4) is 0 Å². The Labute approximate surface area is 134 Å². The zero-order valence-corrected chi connectivity index (χ0v) is 17.0. The minimum atomic E-state index is -2.65. The van der Waals surface area contributed by atoms with Crippen molar-refractivity contribution in [2.24, 2.45) is 0 Å². The van der Waals surface area contributed by atoms with Gasteiger partial charge in [0.1, 0.15) is 0 Å². The molecule has 0 N–H and O–H groups in total. The third-order valence-electron chi connectivity index (χ3n) is 3.73. The van der Waals surface area contributed by atoms with E-state index >= 15 is 0 Å². The van der Waals surface area contributed by atoms with Crippen molar-refractivity contribution in [1.82, 2.24) is 9.13 Å². The van der Waals surface area contributed by atoms with E-state index in [2.05, 4.69) is 64.5 Å². The van der Waals surface area contributed by atoms with Crippen LogP contribution in [-0.2, 0) is 8.85 Å². The Morgan fingerprint density at radius 2 is 1.00 bits per heavy atom. The van der Waals surface area contributed by atoms with Gasteiger partial charge in [-0.1, -0.05) is 13.8 Å². The maximum Gasteiger partial charge on any atom is 0.522 e. The Kier molecular flexibility index (Phi) is 8.08. The molecule has 0 bridgehead atoms. The Morgan fingerprint density at radius 1 is 0.714 bits per heavy atom. The van der Waals surface area contributed by atoms with Crippen LogP contribution < -0.4 is 0 Å². The molecule has 0 aliphatic rings. The standard InChI is InChI=1S/C16H38N2O2Si/c1-11-13-17(15(3,4)5)21(19-9,20-10)18(14-12-2)16(6,7)8/h11-14H2,1-10H3. The first kappa shape index (κ1) is 21.1. The van der Waals surface area contributed by atoms with Crippen LogP contribution in [0.2, 0.25) is 0 Å². The van der Waals surface area contributed by atoms with E-state index in [-0.39, 0.29) is 11.1 Å². The van der Waals surface area contributed by atoms with Gasteiger partial charge in [-0.05, 0) is 67.5 Å². The molecule has 0 aromatic rings. The van der Waals surface area contributed by atoms with E-state index in [1.807, 2.05) is 0 Å². The first-order chi connectivity index (χ1) is 9.51. The fourth-order valence-corrected chi connectivity index (χ4v) is 6.97. The Bertz CT molecular complexity index is 268. The lowest BCUT2D eigenvalue weighted by Gasteiger charge is -2.53. The van der Waals surface area contributed by atoms with Crippen LogP contribution in [-0.4, -0.2) is 56.4 Å². The maximum absolute atomic E-state index is 6.14. The van der Waals surface area contributed by atoms with E-state index in [1.165, 1.54) is 0 Å². The summed E-state index contributed by atoms with van der Waals surface area (Å²) in [5.41, 5.74) is 0.0109. The van der Waals surface area contributed by atoms with E-state index in [4.69, 9.17) is 8.85 Å². The van der Waals surface area contributed by atoms with Crippen molar-refractivity contribution in [2.75, 3.05) is 27.3 Å². The molecule has 0 saturated carbocycles. The van der Waals surface area contributed by atoms with Crippen LogP contribution in [0, 0.1) is 0 Å². The smallest absolute Gasteiger partial charge is 0.374 e. The van der Waals surface area contributed by atoms with E-state index < -0.39 is 8.88 Å². The van der Waals surface area contributed by atoms with Crippen molar-refractivity contribution in [1.29, 1.82) is 0 Å². The summed E-state index contributed by atoms with van der Waals surface area (Å²) in [4.78, 5) is 0. The van der Waals surface area contributed by atoms with Crippen LogP contribution in [0.25, 0.3) is 0 Å². The van der Waals surface area contributed by atoms with Crippen molar-refractivity contribution < 1.29 is 8.85 Å². The topological polar surface area (TPSA) is 24.9 Å². The summed E-state index contributed by atoms with van der Waals surface area (Å²) in [5, 5.41) is 0. The minimum Gasteiger partial charge on any atom is -0.374 e. The Balaban J connectivity index is 5.95. The fourth-order valence-electron chi connectivity index (χ4n) is 2.92. The van der Waals surface area contributed by atoms with Gasteiger partial charge >= 0.3 is 8.88 Å². The third kappa shape index (κ3) is 5.03.